The lowest BCUT2D eigenvalue weighted by Gasteiger charge is -2.28. The van der Waals surface area contributed by atoms with Crippen LogP contribution in [0.1, 0.15) is 35.1 Å². The lowest BCUT2D eigenvalue weighted by atomic mass is 9.75. The van der Waals surface area contributed by atoms with Crippen molar-refractivity contribution in [3.63, 3.8) is 0 Å². The molecular weight excluding hydrogens is 762 g/mol. The Hall–Kier alpha value is -7.26. The number of furan rings is 1. The standard InChI is InChI=1S/C56H40N3OP/c1-2-41-44-18-12-22-52(41)59(53-23-13-19-45-51-21-9-11-31-58(51)61(56(45)53)57-30-10-8-20-50(44)57)40-27-24-36(25-28-40)38-26-29-54-48(32-38)49-35-47-39(34-55(49)60-54)33-46(37-14-4-3-5-15-37)42-16-6-7-17-43(42)47/h3-32,34-35,46H,2,33H2,1H3/q+2. The van der Waals surface area contributed by atoms with Gasteiger partial charge in [0.15, 0.2) is 17.5 Å². The van der Waals surface area contributed by atoms with Gasteiger partial charge in [-0.1, -0.05) is 91.9 Å². The van der Waals surface area contributed by atoms with Crippen LogP contribution in [0.15, 0.2) is 199 Å². The molecule has 2 bridgehead atoms. The van der Waals surface area contributed by atoms with E-state index in [1.807, 2.05) is 0 Å². The summed E-state index contributed by atoms with van der Waals surface area (Å²) in [6, 6.07) is 67.4. The fraction of sp³-hybridized carbons (Fsp3) is 0.0714. The molecule has 0 spiro atoms. The van der Waals surface area contributed by atoms with E-state index < -0.39 is 7.66 Å². The number of benzene rings is 7. The zero-order chi connectivity index (χ0) is 40.2. The first-order valence-electron chi connectivity index (χ1n) is 21.3. The summed E-state index contributed by atoms with van der Waals surface area (Å²) in [6.45, 7) is 2.29. The Morgan fingerprint density at radius 2 is 1.25 bits per heavy atom. The second kappa shape index (κ2) is 13.4. The highest BCUT2D eigenvalue weighted by molar-refractivity contribution is 7.38. The first-order valence-corrected chi connectivity index (χ1v) is 22.6. The fourth-order valence-electron chi connectivity index (χ4n) is 10.5. The van der Waals surface area contributed by atoms with E-state index in [0.29, 0.717) is 5.92 Å². The zero-order valence-corrected chi connectivity index (χ0v) is 34.6. The molecular formula is C56H40N3OP+2. The molecule has 0 amide bonds. The normalized spacial score (nSPS) is 14.1. The van der Waals surface area contributed by atoms with Crippen molar-refractivity contribution < 1.29 is 12.7 Å². The van der Waals surface area contributed by atoms with Crippen LogP contribution in [0.4, 0.5) is 0 Å². The largest absolute Gasteiger partial charge is 0.456 e. The van der Waals surface area contributed by atoms with Crippen molar-refractivity contribution in [2.45, 2.75) is 25.7 Å². The summed E-state index contributed by atoms with van der Waals surface area (Å²) < 4.78 is 14.2. The summed E-state index contributed by atoms with van der Waals surface area (Å²) in [6.07, 6.45) is 6.40. The smallest absolute Gasteiger partial charge is 0.450 e. The molecule has 7 aromatic carbocycles. The highest BCUT2D eigenvalue weighted by atomic mass is 31.1. The average molecular weight is 802 g/mol. The van der Waals surface area contributed by atoms with E-state index in [4.69, 9.17) is 4.42 Å². The van der Waals surface area contributed by atoms with Gasteiger partial charge in [0.1, 0.15) is 11.2 Å². The SMILES string of the molecule is CCc1c2cccc1n(-c1ccc(-c3ccc4oc5cc6c(cc5c4c3)-c3ccccc3C(c3ccccc3)C6)cc1)c1cccc3c4cccc[n+]4p(c31)[n+]1ccccc21. The first-order chi connectivity index (χ1) is 30.2. The molecule has 1 aliphatic carbocycles. The predicted octanol–water partition coefficient (Wildman–Crippen LogP) is 13.7. The van der Waals surface area contributed by atoms with Crippen LogP contribution in [-0.4, -0.2) is 4.57 Å². The minimum absolute atomic E-state index is 0.317. The number of fused-ring (bicyclic) bond motifs is 14. The Morgan fingerprint density at radius 1 is 0.557 bits per heavy atom. The molecule has 2 atom stereocenters. The highest BCUT2D eigenvalue weighted by Crippen LogP contribution is 2.46. The van der Waals surface area contributed by atoms with Crippen molar-refractivity contribution in [2.75, 3.05) is 0 Å². The van der Waals surface area contributed by atoms with Gasteiger partial charge in [-0.3, -0.25) is 0 Å². The third-order valence-corrected chi connectivity index (χ3v) is 15.6. The minimum atomic E-state index is -0.963. The van der Waals surface area contributed by atoms with Crippen LogP contribution in [0, 0.1) is 0 Å². The summed E-state index contributed by atoms with van der Waals surface area (Å²) in [7, 11) is -0.963. The van der Waals surface area contributed by atoms with Crippen molar-refractivity contribution in [2.24, 2.45) is 0 Å². The summed E-state index contributed by atoms with van der Waals surface area (Å²) in [5.41, 5.74) is 18.4. The van der Waals surface area contributed by atoms with Gasteiger partial charge in [0.05, 0.1) is 21.8 Å². The van der Waals surface area contributed by atoms with Crippen LogP contribution in [0.2, 0.25) is 0 Å². The lowest BCUT2D eigenvalue weighted by Crippen LogP contribution is -2.26. The van der Waals surface area contributed by atoms with Crippen molar-refractivity contribution in [1.82, 2.24) is 4.57 Å². The third-order valence-electron chi connectivity index (χ3n) is 13.2. The second-order valence-corrected chi connectivity index (χ2v) is 18.3. The maximum Gasteiger partial charge on any atom is 0.450 e. The molecule has 1 aliphatic rings. The number of nitrogens with zero attached hydrogens (tertiary/aromatic N) is 3. The third kappa shape index (κ3) is 5.13. The minimum Gasteiger partial charge on any atom is -0.456 e. The number of pyridine rings is 2. The van der Waals surface area contributed by atoms with Gasteiger partial charge in [0.2, 0.25) is 11.0 Å². The van der Waals surface area contributed by atoms with Gasteiger partial charge in [0.25, 0.3) is 0 Å². The summed E-state index contributed by atoms with van der Waals surface area (Å²) in [4.78, 5) is 0. The van der Waals surface area contributed by atoms with Crippen LogP contribution in [0.3, 0.4) is 0 Å². The number of hydrogen-bond acceptors (Lipinski definition) is 1. The van der Waals surface area contributed by atoms with E-state index in [1.54, 1.807) is 0 Å². The maximum atomic E-state index is 6.61. The Morgan fingerprint density at radius 3 is 2.05 bits per heavy atom. The Bertz CT molecular complexity index is 3780. The average Bonchev–Trinajstić information content (AvgIpc) is 3.86. The molecule has 4 nitrogen and oxygen atoms in total. The predicted molar refractivity (Wildman–Crippen MR) is 251 cm³/mol. The fourth-order valence-corrected chi connectivity index (χ4v) is 13.1. The highest BCUT2D eigenvalue weighted by Gasteiger charge is 2.30. The quantitative estimate of drug-likeness (QED) is 0.174. The van der Waals surface area contributed by atoms with E-state index >= 15 is 0 Å². The molecule has 2 unspecified atom stereocenters. The Labute approximate surface area is 353 Å². The van der Waals surface area contributed by atoms with Crippen molar-refractivity contribution in [3.05, 3.63) is 217 Å². The van der Waals surface area contributed by atoms with E-state index in [9.17, 15) is 0 Å². The molecule has 0 fully saturated rings. The number of hydrogen-bond donors (Lipinski definition) is 0. The molecule has 5 heteroatoms. The molecule has 288 valence electrons. The molecule has 0 saturated heterocycles. The lowest BCUT2D eigenvalue weighted by molar-refractivity contribution is -0.510. The summed E-state index contributed by atoms with van der Waals surface area (Å²) >= 11 is 0. The monoisotopic (exact) mass is 801 g/mol. The van der Waals surface area contributed by atoms with Crippen LogP contribution in [0.25, 0.3) is 87.8 Å². The van der Waals surface area contributed by atoms with Crippen molar-refractivity contribution >= 4 is 67.6 Å². The van der Waals surface area contributed by atoms with Crippen LogP contribution >= 0.6 is 7.66 Å². The number of rotatable bonds is 4. The number of aromatic nitrogens is 3. The van der Waals surface area contributed by atoms with Gasteiger partial charge in [-0.15, -0.1) is 8.33 Å². The molecule has 12 aromatic rings. The Kier molecular flexibility index (Phi) is 7.58. The Balaban J connectivity index is 0.990. The van der Waals surface area contributed by atoms with Gasteiger partial charge >= 0.3 is 7.66 Å². The molecule has 0 saturated carbocycles. The van der Waals surface area contributed by atoms with E-state index in [0.717, 1.165) is 40.5 Å². The van der Waals surface area contributed by atoms with Crippen LogP contribution < -0.4 is 8.33 Å². The maximum absolute atomic E-state index is 6.61. The van der Waals surface area contributed by atoms with Crippen molar-refractivity contribution in [1.29, 1.82) is 0 Å². The summed E-state index contributed by atoms with van der Waals surface area (Å²) in [5, 5.41) is 6.25. The van der Waals surface area contributed by atoms with Crippen LogP contribution in [-0.2, 0) is 12.8 Å². The van der Waals surface area contributed by atoms with Gasteiger partial charge in [0, 0.05) is 46.6 Å². The molecule has 0 aliphatic heterocycles. The molecule has 61 heavy (non-hydrogen) atoms. The first kappa shape index (κ1) is 34.6. The molecule has 5 aromatic heterocycles. The molecule has 13 rings (SSSR count). The van der Waals surface area contributed by atoms with E-state index in [1.165, 1.54) is 82.5 Å². The van der Waals surface area contributed by atoms with Crippen LogP contribution in [0.5, 0.6) is 0 Å². The van der Waals surface area contributed by atoms with Crippen molar-refractivity contribution in [3.8, 4) is 27.9 Å². The summed E-state index contributed by atoms with van der Waals surface area (Å²) in [5.74, 6) is 0.317. The van der Waals surface area contributed by atoms with Gasteiger partial charge in [-0.2, -0.15) is 0 Å². The molecule has 0 N–H and O–H groups in total. The second-order valence-electron chi connectivity index (χ2n) is 16.4. The van der Waals surface area contributed by atoms with Gasteiger partial charge in [-0.25, -0.2) is 0 Å². The van der Waals surface area contributed by atoms with E-state index in [2.05, 4.69) is 214 Å². The van der Waals surface area contributed by atoms with E-state index in [-0.39, 0.29) is 0 Å². The molecule has 5 heterocycles. The number of aryl methyl sites for hydroxylation is 1. The molecule has 0 radical (unpaired) electrons. The van der Waals surface area contributed by atoms with Gasteiger partial charge < -0.3 is 8.98 Å². The zero-order valence-electron chi connectivity index (χ0n) is 33.7. The van der Waals surface area contributed by atoms with Gasteiger partial charge in [-0.05, 0) is 130 Å². The topological polar surface area (TPSA) is 26.3 Å².